The molecule has 0 atom stereocenters. The van der Waals surface area contributed by atoms with Crippen LogP contribution in [0.2, 0.25) is 0 Å². The Bertz CT molecular complexity index is 538. The van der Waals surface area contributed by atoms with Crippen molar-refractivity contribution < 1.29 is 0 Å². The van der Waals surface area contributed by atoms with Crippen LogP contribution in [0.25, 0.3) is 10.2 Å². The molecule has 0 radical (unpaired) electrons. The highest BCUT2D eigenvalue weighted by atomic mass is 32.1. The van der Waals surface area contributed by atoms with E-state index >= 15 is 0 Å². The van der Waals surface area contributed by atoms with Crippen LogP contribution in [0.4, 0.5) is 0 Å². The Labute approximate surface area is 106 Å². The molecule has 1 aliphatic heterocycles. The van der Waals surface area contributed by atoms with Crippen LogP contribution in [-0.4, -0.2) is 18.1 Å². The number of hydrogen-bond acceptors (Lipinski definition) is 3. The van der Waals surface area contributed by atoms with Crippen LogP contribution in [0, 0.1) is 6.92 Å². The van der Waals surface area contributed by atoms with Gasteiger partial charge in [0.05, 0.1) is 15.2 Å². The molecule has 1 saturated heterocycles. The van der Waals surface area contributed by atoms with E-state index < -0.39 is 0 Å². The number of aromatic nitrogens is 1. The third-order valence-corrected chi connectivity index (χ3v) is 5.11. The molecule has 2 nitrogen and oxygen atoms in total. The number of hydrogen-bond donors (Lipinski definition) is 1. The fourth-order valence-corrected chi connectivity index (χ4v) is 3.64. The van der Waals surface area contributed by atoms with Gasteiger partial charge in [-0.05, 0) is 50.6 Å². The summed E-state index contributed by atoms with van der Waals surface area (Å²) in [7, 11) is 0. The molecule has 1 aliphatic rings. The highest BCUT2D eigenvalue weighted by molar-refractivity contribution is 7.18. The lowest BCUT2D eigenvalue weighted by atomic mass is 9.82. The van der Waals surface area contributed by atoms with E-state index in [-0.39, 0.29) is 5.41 Å². The molecule has 2 aromatic rings. The maximum Gasteiger partial charge on any atom is 0.0998 e. The summed E-state index contributed by atoms with van der Waals surface area (Å²) in [4.78, 5) is 4.86. The standard InChI is InChI=1S/C14H18N2S/c1-10-3-4-12-11(9-10)16-13(17-12)14(2)5-7-15-8-6-14/h3-4,9,15H,5-8H2,1-2H3. The second-order valence-electron chi connectivity index (χ2n) is 5.30. The lowest BCUT2D eigenvalue weighted by molar-refractivity contribution is 0.334. The first-order chi connectivity index (χ1) is 8.17. The maximum absolute atomic E-state index is 4.86. The Balaban J connectivity index is 2.05. The van der Waals surface area contributed by atoms with Crippen LogP contribution in [0.5, 0.6) is 0 Å². The zero-order valence-corrected chi connectivity index (χ0v) is 11.2. The third kappa shape index (κ3) is 1.98. The van der Waals surface area contributed by atoms with E-state index in [1.54, 1.807) is 0 Å². The van der Waals surface area contributed by atoms with Crippen molar-refractivity contribution in [3.05, 3.63) is 28.8 Å². The molecule has 1 aromatic carbocycles. The monoisotopic (exact) mass is 246 g/mol. The smallest absolute Gasteiger partial charge is 0.0998 e. The van der Waals surface area contributed by atoms with Crippen molar-refractivity contribution in [2.75, 3.05) is 13.1 Å². The summed E-state index contributed by atoms with van der Waals surface area (Å²) in [5.41, 5.74) is 2.75. The predicted octanol–water partition coefficient (Wildman–Crippen LogP) is 3.25. The molecule has 3 rings (SSSR count). The van der Waals surface area contributed by atoms with Crippen LogP contribution in [0.15, 0.2) is 18.2 Å². The van der Waals surface area contributed by atoms with Gasteiger partial charge in [-0.15, -0.1) is 11.3 Å². The first kappa shape index (κ1) is 11.2. The van der Waals surface area contributed by atoms with E-state index in [2.05, 4.69) is 37.4 Å². The van der Waals surface area contributed by atoms with Crippen molar-refractivity contribution in [1.29, 1.82) is 0 Å². The zero-order chi connectivity index (χ0) is 11.9. The molecule has 90 valence electrons. The minimum atomic E-state index is 0.281. The van der Waals surface area contributed by atoms with Gasteiger partial charge in [-0.2, -0.15) is 0 Å². The predicted molar refractivity (Wildman–Crippen MR) is 73.8 cm³/mol. The molecule has 0 aliphatic carbocycles. The molecule has 1 aromatic heterocycles. The molecule has 2 heterocycles. The fourth-order valence-electron chi connectivity index (χ4n) is 2.49. The lowest BCUT2D eigenvalue weighted by Crippen LogP contribution is -2.37. The summed E-state index contributed by atoms with van der Waals surface area (Å²) in [6, 6.07) is 6.57. The Morgan fingerprint density at radius 2 is 2.06 bits per heavy atom. The van der Waals surface area contributed by atoms with Crippen LogP contribution in [0.3, 0.4) is 0 Å². The minimum Gasteiger partial charge on any atom is -0.317 e. The summed E-state index contributed by atoms with van der Waals surface area (Å²) in [5.74, 6) is 0. The van der Waals surface area contributed by atoms with Crippen LogP contribution < -0.4 is 5.32 Å². The number of nitrogens with zero attached hydrogens (tertiary/aromatic N) is 1. The summed E-state index contributed by atoms with van der Waals surface area (Å²) in [6.45, 7) is 6.72. The Morgan fingerprint density at radius 3 is 2.82 bits per heavy atom. The molecular weight excluding hydrogens is 228 g/mol. The first-order valence-electron chi connectivity index (χ1n) is 6.26. The summed E-state index contributed by atoms with van der Waals surface area (Å²) in [5, 5.41) is 4.75. The zero-order valence-electron chi connectivity index (χ0n) is 10.4. The SMILES string of the molecule is Cc1ccc2sc(C3(C)CCNCC3)nc2c1. The van der Waals surface area contributed by atoms with Gasteiger partial charge in [0.15, 0.2) is 0 Å². The largest absolute Gasteiger partial charge is 0.317 e. The van der Waals surface area contributed by atoms with E-state index in [4.69, 9.17) is 4.98 Å². The molecule has 0 saturated carbocycles. The molecule has 0 bridgehead atoms. The van der Waals surface area contributed by atoms with E-state index in [1.807, 2.05) is 11.3 Å². The van der Waals surface area contributed by atoms with Gasteiger partial charge in [0, 0.05) is 5.41 Å². The molecule has 0 spiro atoms. The van der Waals surface area contributed by atoms with Crippen molar-refractivity contribution in [3.63, 3.8) is 0 Å². The highest BCUT2D eigenvalue weighted by Crippen LogP contribution is 2.37. The van der Waals surface area contributed by atoms with Crippen molar-refractivity contribution in [3.8, 4) is 0 Å². The van der Waals surface area contributed by atoms with Gasteiger partial charge in [-0.25, -0.2) is 4.98 Å². The average Bonchev–Trinajstić information content (AvgIpc) is 2.73. The molecule has 1 N–H and O–H groups in total. The fraction of sp³-hybridized carbons (Fsp3) is 0.500. The normalized spacial score (nSPS) is 19.6. The van der Waals surface area contributed by atoms with Gasteiger partial charge in [-0.1, -0.05) is 13.0 Å². The van der Waals surface area contributed by atoms with Gasteiger partial charge in [0.1, 0.15) is 0 Å². The van der Waals surface area contributed by atoms with Crippen LogP contribution in [0.1, 0.15) is 30.3 Å². The number of nitrogens with one attached hydrogen (secondary N) is 1. The summed E-state index contributed by atoms with van der Waals surface area (Å²) in [6.07, 6.45) is 2.40. The van der Waals surface area contributed by atoms with E-state index in [0.29, 0.717) is 0 Å². The van der Waals surface area contributed by atoms with Crippen molar-refractivity contribution >= 4 is 21.6 Å². The van der Waals surface area contributed by atoms with Gasteiger partial charge in [-0.3, -0.25) is 0 Å². The van der Waals surface area contributed by atoms with Crippen molar-refractivity contribution in [2.45, 2.75) is 32.1 Å². The highest BCUT2D eigenvalue weighted by Gasteiger charge is 2.31. The number of rotatable bonds is 1. The molecular formula is C14H18N2S. The molecule has 17 heavy (non-hydrogen) atoms. The lowest BCUT2D eigenvalue weighted by Gasteiger charge is -2.31. The Kier molecular flexibility index (Phi) is 2.68. The van der Waals surface area contributed by atoms with Gasteiger partial charge >= 0.3 is 0 Å². The maximum atomic E-state index is 4.86. The van der Waals surface area contributed by atoms with Crippen LogP contribution in [-0.2, 0) is 5.41 Å². The Morgan fingerprint density at radius 1 is 1.29 bits per heavy atom. The number of benzene rings is 1. The second kappa shape index (κ2) is 4.07. The number of thiazole rings is 1. The third-order valence-electron chi connectivity index (χ3n) is 3.77. The average molecular weight is 246 g/mol. The van der Waals surface area contributed by atoms with E-state index in [9.17, 15) is 0 Å². The van der Waals surface area contributed by atoms with Crippen molar-refractivity contribution in [1.82, 2.24) is 10.3 Å². The van der Waals surface area contributed by atoms with E-state index in [1.165, 1.54) is 33.6 Å². The van der Waals surface area contributed by atoms with Gasteiger partial charge in [0.25, 0.3) is 0 Å². The van der Waals surface area contributed by atoms with Crippen LogP contribution >= 0.6 is 11.3 Å². The number of piperidine rings is 1. The topological polar surface area (TPSA) is 24.9 Å². The number of fused-ring (bicyclic) bond motifs is 1. The Hall–Kier alpha value is -0.930. The summed E-state index contributed by atoms with van der Waals surface area (Å²) < 4.78 is 1.32. The quantitative estimate of drug-likeness (QED) is 0.835. The minimum absolute atomic E-state index is 0.281. The summed E-state index contributed by atoms with van der Waals surface area (Å²) >= 11 is 1.87. The molecule has 3 heteroatoms. The van der Waals surface area contributed by atoms with Gasteiger partial charge < -0.3 is 5.32 Å². The second-order valence-corrected chi connectivity index (χ2v) is 6.33. The molecule has 0 amide bonds. The van der Waals surface area contributed by atoms with Gasteiger partial charge in [0.2, 0.25) is 0 Å². The number of aryl methyl sites for hydroxylation is 1. The van der Waals surface area contributed by atoms with Crippen molar-refractivity contribution in [2.24, 2.45) is 0 Å². The first-order valence-corrected chi connectivity index (χ1v) is 7.07. The van der Waals surface area contributed by atoms with E-state index in [0.717, 1.165) is 13.1 Å². The molecule has 1 fully saturated rings. The molecule has 0 unspecified atom stereocenters.